The lowest BCUT2D eigenvalue weighted by Crippen LogP contribution is -2.53. The molecule has 1 amide bonds. The average Bonchev–Trinajstić information content (AvgIpc) is 3.15. The van der Waals surface area contributed by atoms with E-state index in [0.29, 0.717) is 50.3 Å². The van der Waals surface area contributed by atoms with Gasteiger partial charge in [0.1, 0.15) is 28.0 Å². The molecule has 51 heavy (non-hydrogen) atoms. The van der Waals surface area contributed by atoms with Gasteiger partial charge in [-0.1, -0.05) is 41.4 Å². The molecule has 0 radical (unpaired) electrons. The Labute approximate surface area is 306 Å². The van der Waals surface area contributed by atoms with Gasteiger partial charge in [-0.3, -0.25) is 9.80 Å². The fourth-order valence-corrected chi connectivity index (χ4v) is 7.23. The third-order valence-electron chi connectivity index (χ3n) is 9.43. The van der Waals surface area contributed by atoms with Gasteiger partial charge in [-0.05, 0) is 91.5 Å². The van der Waals surface area contributed by atoms with Gasteiger partial charge in [0.25, 0.3) is 0 Å². The van der Waals surface area contributed by atoms with Gasteiger partial charge in [-0.15, -0.1) is 0 Å². The molecule has 3 aliphatic heterocycles. The summed E-state index contributed by atoms with van der Waals surface area (Å²) in [5.74, 6) is 1.31. The summed E-state index contributed by atoms with van der Waals surface area (Å²) in [4.78, 5) is 31.6. The number of anilines is 1. The molecular weight excluding hydrogens is 697 g/mol. The van der Waals surface area contributed by atoms with Crippen molar-refractivity contribution < 1.29 is 38.0 Å². The Morgan fingerprint density at radius 3 is 2.25 bits per heavy atom. The number of pyridine rings is 1. The van der Waals surface area contributed by atoms with E-state index in [1.165, 1.54) is 26.6 Å². The normalized spacial score (nSPS) is 18.4. The SMILES string of the molecule is COc1ccc(N(Cc2cccc(C(=O)O[C@@H](Cc3c(Cl)c[n+]([O-])cc3Cl)c3ccc(OC)c(OC)c3)c2)C(=O)O[C@H]2CN3CCC2CC3)cc1. The minimum absolute atomic E-state index is 0.0656. The first-order valence-electron chi connectivity index (χ1n) is 16.6. The maximum absolute atomic E-state index is 13.8. The lowest BCUT2D eigenvalue weighted by atomic mass is 9.86. The van der Waals surface area contributed by atoms with Crippen molar-refractivity contribution in [3.05, 3.63) is 117 Å². The Hall–Kier alpha value is -4.71. The third-order valence-corrected chi connectivity index (χ3v) is 10.1. The number of halogens is 2. The molecule has 13 heteroatoms. The minimum atomic E-state index is -0.884. The molecule has 3 aliphatic rings. The first-order chi connectivity index (χ1) is 24.6. The molecule has 1 aromatic heterocycles. The van der Waals surface area contributed by atoms with Crippen LogP contribution in [0, 0.1) is 11.1 Å². The van der Waals surface area contributed by atoms with Crippen molar-refractivity contribution in [2.24, 2.45) is 5.92 Å². The van der Waals surface area contributed by atoms with Crippen LogP contribution >= 0.6 is 23.2 Å². The Morgan fingerprint density at radius 1 is 0.922 bits per heavy atom. The van der Waals surface area contributed by atoms with Gasteiger partial charge in [0.15, 0.2) is 23.9 Å². The highest BCUT2D eigenvalue weighted by Crippen LogP contribution is 2.36. The Balaban J connectivity index is 1.26. The second-order valence-electron chi connectivity index (χ2n) is 12.5. The predicted octanol–water partition coefficient (Wildman–Crippen LogP) is 7.03. The molecule has 3 saturated heterocycles. The van der Waals surface area contributed by atoms with Crippen LogP contribution in [0.4, 0.5) is 10.5 Å². The molecule has 0 aliphatic carbocycles. The summed E-state index contributed by atoms with van der Waals surface area (Å²) in [6, 6.07) is 19.2. The lowest BCUT2D eigenvalue weighted by molar-refractivity contribution is -0.605. The second kappa shape index (κ2) is 16.1. The first kappa shape index (κ1) is 36.1. The molecule has 7 rings (SSSR count). The highest BCUT2D eigenvalue weighted by molar-refractivity contribution is 6.35. The van der Waals surface area contributed by atoms with E-state index in [-0.39, 0.29) is 34.7 Å². The number of piperidine rings is 3. The quantitative estimate of drug-likeness (QED) is 0.0860. The smallest absolute Gasteiger partial charge is 0.414 e. The molecule has 4 aromatic rings. The van der Waals surface area contributed by atoms with Crippen molar-refractivity contribution in [1.82, 2.24) is 4.90 Å². The number of benzene rings is 3. The van der Waals surface area contributed by atoms with Crippen LogP contribution in [-0.2, 0) is 22.4 Å². The molecular formula is C38H39Cl2N3O8. The van der Waals surface area contributed by atoms with Gasteiger partial charge in [0.2, 0.25) is 0 Å². The van der Waals surface area contributed by atoms with Crippen LogP contribution < -0.4 is 23.8 Å². The van der Waals surface area contributed by atoms with Crippen molar-refractivity contribution >= 4 is 41.0 Å². The van der Waals surface area contributed by atoms with E-state index in [1.54, 1.807) is 72.7 Å². The Bertz CT molecular complexity index is 1840. The number of aromatic nitrogens is 1. The van der Waals surface area contributed by atoms with E-state index in [4.69, 9.17) is 46.9 Å². The number of amides is 1. The number of hydrogen-bond acceptors (Lipinski definition) is 9. The van der Waals surface area contributed by atoms with E-state index in [0.717, 1.165) is 32.5 Å². The molecule has 4 heterocycles. The maximum Gasteiger partial charge on any atom is 0.414 e. The van der Waals surface area contributed by atoms with Crippen molar-refractivity contribution in [1.29, 1.82) is 0 Å². The van der Waals surface area contributed by atoms with Gasteiger partial charge in [-0.2, -0.15) is 4.73 Å². The molecule has 0 saturated carbocycles. The minimum Gasteiger partial charge on any atom is -0.619 e. The average molecular weight is 737 g/mol. The number of ether oxygens (including phenoxy) is 5. The number of rotatable bonds is 12. The Morgan fingerprint density at radius 2 is 1.63 bits per heavy atom. The maximum atomic E-state index is 13.8. The van der Waals surface area contributed by atoms with E-state index < -0.39 is 18.2 Å². The van der Waals surface area contributed by atoms with E-state index >= 15 is 0 Å². The number of hydrogen-bond donors (Lipinski definition) is 0. The third kappa shape index (κ3) is 8.44. The van der Waals surface area contributed by atoms with Gasteiger partial charge < -0.3 is 28.9 Å². The zero-order chi connectivity index (χ0) is 36.1. The molecule has 268 valence electrons. The van der Waals surface area contributed by atoms with E-state index in [1.807, 2.05) is 6.07 Å². The summed E-state index contributed by atoms with van der Waals surface area (Å²) in [6.45, 7) is 2.92. The first-order valence-corrected chi connectivity index (χ1v) is 17.3. The summed E-state index contributed by atoms with van der Waals surface area (Å²) < 4.78 is 29.0. The zero-order valence-electron chi connectivity index (χ0n) is 28.6. The van der Waals surface area contributed by atoms with Crippen LogP contribution in [0.3, 0.4) is 0 Å². The second-order valence-corrected chi connectivity index (χ2v) is 13.4. The summed E-state index contributed by atoms with van der Waals surface area (Å²) in [7, 11) is 4.62. The standard InChI is InChI=1S/C38H39Cl2N3O8/c1-47-29-10-8-28(9-11-29)43(38(45)51-36-23-41-15-13-25(36)14-16-41)20-24-5-4-6-27(17-24)37(44)50-34(19-30-31(39)21-42(46)22-32(30)40)26-7-12-33(48-2)35(18-26)49-3/h4-12,17-18,21-22,25,34,36H,13-16,19-20,23H2,1-3H3/t34-,36-/m0/s1. The molecule has 0 N–H and O–H groups in total. The molecule has 3 aromatic carbocycles. The molecule has 0 unspecified atom stereocenters. The highest BCUT2D eigenvalue weighted by atomic mass is 35.5. The molecule has 3 fully saturated rings. The summed E-state index contributed by atoms with van der Waals surface area (Å²) in [6.07, 6.45) is 2.94. The fraction of sp³-hybridized carbons (Fsp3) is 0.342. The van der Waals surface area contributed by atoms with Gasteiger partial charge in [0, 0.05) is 24.2 Å². The van der Waals surface area contributed by atoms with Gasteiger partial charge >= 0.3 is 12.1 Å². The number of nitrogens with zero attached hydrogens (tertiary/aromatic N) is 3. The van der Waals surface area contributed by atoms with Crippen LogP contribution in [0.5, 0.6) is 17.2 Å². The molecule has 0 spiro atoms. The van der Waals surface area contributed by atoms with Crippen molar-refractivity contribution in [3.63, 3.8) is 0 Å². The summed E-state index contributed by atoms with van der Waals surface area (Å²) >= 11 is 12.9. The zero-order valence-corrected chi connectivity index (χ0v) is 30.1. The fourth-order valence-electron chi connectivity index (χ4n) is 6.63. The van der Waals surface area contributed by atoms with Crippen LogP contribution in [0.15, 0.2) is 79.1 Å². The number of methoxy groups -OCH3 is 3. The van der Waals surface area contributed by atoms with Crippen LogP contribution in [-0.4, -0.2) is 64.0 Å². The van der Waals surface area contributed by atoms with Crippen LogP contribution in [0.25, 0.3) is 0 Å². The molecule has 2 bridgehead atoms. The lowest BCUT2D eigenvalue weighted by Gasteiger charge is -2.44. The van der Waals surface area contributed by atoms with E-state index in [2.05, 4.69) is 4.90 Å². The number of esters is 1. The Kier molecular flexibility index (Phi) is 11.4. The highest BCUT2D eigenvalue weighted by Gasteiger charge is 2.37. The molecule has 2 atom stereocenters. The van der Waals surface area contributed by atoms with Crippen molar-refractivity contribution in [2.75, 3.05) is 45.9 Å². The van der Waals surface area contributed by atoms with Crippen LogP contribution in [0.2, 0.25) is 10.0 Å². The predicted molar refractivity (Wildman–Crippen MR) is 192 cm³/mol. The number of carbonyl (C=O) groups is 2. The van der Waals surface area contributed by atoms with E-state index in [9.17, 15) is 14.8 Å². The van der Waals surface area contributed by atoms with Crippen molar-refractivity contribution in [2.45, 2.75) is 38.0 Å². The van der Waals surface area contributed by atoms with Gasteiger partial charge in [0.05, 0.1) is 33.4 Å². The van der Waals surface area contributed by atoms with Crippen LogP contribution in [0.1, 0.15) is 46.0 Å². The summed E-state index contributed by atoms with van der Waals surface area (Å²) in [5.41, 5.74) is 2.59. The monoisotopic (exact) mass is 735 g/mol. The molecule has 11 nitrogen and oxygen atoms in total. The summed E-state index contributed by atoms with van der Waals surface area (Å²) in [5, 5.41) is 12.2. The number of carbonyl (C=O) groups excluding carboxylic acids is 2. The van der Waals surface area contributed by atoms with Crippen molar-refractivity contribution in [3.8, 4) is 17.2 Å². The topological polar surface area (TPSA) is 114 Å². The van der Waals surface area contributed by atoms with Gasteiger partial charge in [-0.25, -0.2) is 9.59 Å². The number of fused-ring (bicyclic) bond motifs is 3. The largest absolute Gasteiger partial charge is 0.619 e.